The molecule has 5 nitrogen and oxygen atoms in total. The van der Waals surface area contributed by atoms with Crippen molar-refractivity contribution in [1.82, 2.24) is 9.62 Å². The largest absolute Gasteiger partial charge is 0.333 e. The van der Waals surface area contributed by atoms with Gasteiger partial charge in [0.15, 0.2) is 0 Å². The first-order chi connectivity index (χ1) is 12.4. The van der Waals surface area contributed by atoms with Crippen LogP contribution in [0, 0.1) is 11.7 Å². The summed E-state index contributed by atoms with van der Waals surface area (Å²) in [6, 6.07) is 3.70. The van der Waals surface area contributed by atoms with Crippen LogP contribution in [0.4, 0.5) is 4.39 Å². The Kier molecular flexibility index (Phi) is 5.67. The Bertz CT molecular complexity index is 769. The third-order valence-corrected chi connectivity index (χ3v) is 7.12. The molecular weight excluding hydrogens is 355 g/mol. The molecule has 144 valence electrons. The van der Waals surface area contributed by atoms with Gasteiger partial charge in [-0.1, -0.05) is 13.3 Å². The predicted molar refractivity (Wildman–Crippen MR) is 97.9 cm³/mol. The van der Waals surface area contributed by atoms with E-state index in [1.54, 1.807) is 0 Å². The smallest absolute Gasteiger partial charge is 0.257 e. The number of rotatable bonds is 6. The van der Waals surface area contributed by atoms with E-state index in [2.05, 4.69) is 11.6 Å². The highest BCUT2D eigenvalue weighted by Crippen LogP contribution is 2.37. The molecule has 7 heteroatoms. The molecule has 1 N–H and O–H groups in total. The van der Waals surface area contributed by atoms with Gasteiger partial charge in [0.1, 0.15) is 5.82 Å². The predicted octanol–water partition coefficient (Wildman–Crippen LogP) is 3.31. The second kappa shape index (κ2) is 7.64. The molecule has 26 heavy (non-hydrogen) atoms. The Morgan fingerprint density at radius 1 is 1.15 bits per heavy atom. The highest BCUT2D eigenvalue weighted by molar-refractivity contribution is 7.89. The van der Waals surface area contributed by atoms with Crippen molar-refractivity contribution in [3.8, 4) is 0 Å². The van der Waals surface area contributed by atoms with Crippen LogP contribution in [-0.2, 0) is 10.0 Å². The van der Waals surface area contributed by atoms with Gasteiger partial charge in [-0.2, -0.15) is 0 Å². The second-order valence-corrected chi connectivity index (χ2v) is 9.26. The monoisotopic (exact) mass is 382 g/mol. The molecule has 0 atom stereocenters. The lowest BCUT2D eigenvalue weighted by atomic mass is 9.83. The summed E-state index contributed by atoms with van der Waals surface area (Å²) in [4.78, 5) is 14.9. The maximum Gasteiger partial charge on any atom is 0.257 e. The van der Waals surface area contributed by atoms with Crippen LogP contribution in [-0.4, -0.2) is 38.4 Å². The van der Waals surface area contributed by atoms with Gasteiger partial charge in [-0.3, -0.25) is 4.79 Å². The summed E-state index contributed by atoms with van der Waals surface area (Å²) in [5.74, 6) is -0.334. The number of benzene rings is 1. The summed E-state index contributed by atoms with van der Waals surface area (Å²) >= 11 is 0. The van der Waals surface area contributed by atoms with E-state index in [0.29, 0.717) is 5.92 Å². The number of hydrogen-bond acceptors (Lipinski definition) is 3. The molecule has 0 heterocycles. The number of halogens is 1. The molecule has 2 aliphatic carbocycles. The van der Waals surface area contributed by atoms with E-state index in [4.69, 9.17) is 0 Å². The van der Waals surface area contributed by atoms with E-state index in [-0.39, 0.29) is 28.4 Å². The number of nitrogens with zero attached hydrogens (tertiary/aromatic N) is 1. The molecule has 0 aromatic heterocycles. The maximum absolute atomic E-state index is 14.4. The van der Waals surface area contributed by atoms with Gasteiger partial charge < -0.3 is 4.90 Å². The Labute approximate surface area is 155 Å². The third kappa shape index (κ3) is 3.93. The fourth-order valence-electron chi connectivity index (χ4n) is 3.91. The van der Waals surface area contributed by atoms with E-state index in [1.165, 1.54) is 13.1 Å². The summed E-state index contributed by atoms with van der Waals surface area (Å²) in [5, 5.41) is 0. The van der Waals surface area contributed by atoms with Crippen LogP contribution in [0.2, 0.25) is 0 Å². The lowest BCUT2D eigenvalue weighted by molar-refractivity contribution is 0.0582. The highest BCUT2D eigenvalue weighted by atomic mass is 32.2. The summed E-state index contributed by atoms with van der Waals surface area (Å²) in [6.07, 6.45) is 7.10. The molecule has 2 fully saturated rings. The van der Waals surface area contributed by atoms with Gasteiger partial charge >= 0.3 is 0 Å². The molecule has 0 saturated heterocycles. The molecule has 2 aliphatic rings. The maximum atomic E-state index is 14.4. The van der Waals surface area contributed by atoms with E-state index in [0.717, 1.165) is 57.1 Å². The van der Waals surface area contributed by atoms with Crippen LogP contribution < -0.4 is 4.72 Å². The van der Waals surface area contributed by atoms with Crippen molar-refractivity contribution in [3.05, 3.63) is 29.6 Å². The van der Waals surface area contributed by atoms with Crippen molar-refractivity contribution in [2.45, 2.75) is 68.8 Å². The number of sulfonamides is 1. The molecule has 1 amide bonds. The number of hydrogen-bond donors (Lipinski definition) is 1. The average Bonchev–Trinajstić information content (AvgIpc) is 3.47. The van der Waals surface area contributed by atoms with E-state index >= 15 is 0 Å². The van der Waals surface area contributed by atoms with Crippen molar-refractivity contribution in [2.24, 2.45) is 5.92 Å². The van der Waals surface area contributed by atoms with Crippen LogP contribution in [0.15, 0.2) is 23.1 Å². The average molecular weight is 383 g/mol. The molecule has 3 rings (SSSR count). The van der Waals surface area contributed by atoms with Crippen molar-refractivity contribution in [3.63, 3.8) is 0 Å². The van der Waals surface area contributed by atoms with Gasteiger partial charge in [-0.15, -0.1) is 0 Å². The summed E-state index contributed by atoms with van der Waals surface area (Å²) in [5.41, 5.74) is -0.147. The lowest BCUT2D eigenvalue weighted by Crippen LogP contribution is -2.44. The van der Waals surface area contributed by atoms with E-state index in [9.17, 15) is 17.6 Å². The molecular formula is C19H27FN2O3S. The molecule has 1 aromatic rings. The summed E-state index contributed by atoms with van der Waals surface area (Å²) in [7, 11) is -2.43. The van der Waals surface area contributed by atoms with Crippen molar-refractivity contribution < 1.29 is 17.6 Å². The Balaban J connectivity index is 1.87. The standard InChI is InChI=1S/C19H27FN2O3S/c1-3-13-4-6-14(7-5-13)22(15-8-9-15)19(23)17-12-16(10-11-18(17)20)26(24,25)21-2/h10-15,21H,3-9H2,1-2H3. The minimum Gasteiger partial charge on any atom is -0.333 e. The van der Waals surface area contributed by atoms with Gasteiger partial charge in [0.2, 0.25) is 10.0 Å². The summed E-state index contributed by atoms with van der Waals surface area (Å²) in [6.45, 7) is 2.19. The third-order valence-electron chi connectivity index (χ3n) is 5.71. The van der Waals surface area contributed by atoms with E-state index < -0.39 is 15.8 Å². The molecule has 0 bridgehead atoms. The number of amides is 1. The lowest BCUT2D eigenvalue weighted by Gasteiger charge is -2.37. The van der Waals surface area contributed by atoms with Gasteiger partial charge in [-0.25, -0.2) is 17.5 Å². The molecule has 0 unspecified atom stereocenters. The van der Waals surface area contributed by atoms with Gasteiger partial charge in [-0.05, 0) is 69.7 Å². The molecule has 0 spiro atoms. The zero-order chi connectivity index (χ0) is 18.9. The first-order valence-corrected chi connectivity index (χ1v) is 10.9. The summed E-state index contributed by atoms with van der Waals surface area (Å²) < 4.78 is 40.6. The van der Waals surface area contributed by atoms with Gasteiger partial charge in [0.05, 0.1) is 10.5 Å². The van der Waals surface area contributed by atoms with Crippen LogP contribution in [0.5, 0.6) is 0 Å². The Hall–Kier alpha value is -1.47. The SMILES string of the molecule is CCC1CCC(N(C(=O)c2cc(S(=O)(=O)NC)ccc2F)C2CC2)CC1. The highest BCUT2D eigenvalue weighted by Gasteiger charge is 2.39. The van der Waals surface area contributed by atoms with Crippen LogP contribution in [0.25, 0.3) is 0 Å². The quantitative estimate of drug-likeness (QED) is 0.821. The molecule has 2 saturated carbocycles. The Morgan fingerprint density at radius 3 is 2.23 bits per heavy atom. The molecule has 0 radical (unpaired) electrons. The van der Waals surface area contributed by atoms with Crippen molar-refractivity contribution >= 4 is 15.9 Å². The normalized spacial score (nSPS) is 23.7. The van der Waals surface area contributed by atoms with Crippen LogP contribution >= 0.6 is 0 Å². The second-order valence-electron chi connectivity index (χ2n) is 7.38. The molecule has 1 aromatic carbocycles. The fourth-order valence-corrected chi connectivity index (χ4v) is 4.66. The topological polar surface area (TPSA) is 66.5 Å². The van der Waals surface area contributed by atoms with Crippen LogP contribution in [0.1, 0.15) is 62.2 Å². The minimum absolute atomic E-state index is 0.0878. The zero-order valence-electron chi connectivity index (χ0n) is 15.4. The van der Waals surface area contributed by atoms with Gasteiger partial charge in [0.25, 0.3) is 5.91 Å². The Morgan fingerprint density at radius 2 is 1.73 bits per heavy atom. The van der Waals surface area contributed by atoms with Crippen molar-refractivity contribution in [2.75, 3.05) is 7.05 Å². The van der Waals surface area contributed by atoms with Crippen LogP contribution in [0.3, 0.4) is 0 Å². The number of carbonyl (C=O) groups is 1. The fraction of sp³-hybridized carbons (Fsp3) is 0.632. The van der Waals surface area contributed by atoms with E-state index in [1.807, 2.05) is 4.90 Å². The zero-order valence-corrected chi connectivity index (χ0v) is 16.2. The van der Waals surface area contributed by atoms with Gasteiger partial charge in [0, 0.05) is 12.1 Å². The number of carbonyl (C=O) groups excluding carboxylic acids is 1. The van der Waals surface area contributed by atoms with Crippen molar-refractivity contribution in [1.29, 1.82) is 0 Å². The molecule has 0 aliphatic heterocycles. The minimum atomic E-state index is -3.72. The number of nitrogens with one attached hydrogen (secondary N) is 1. The first kappa shape index (κ1) is 19.3. The first-order valence-electron chi connectivity index (χ1n) is 9.43.